The SMILES string of the molecule is NC(=S)NN=CC1Cc2ccccc2N1Cc1cccc(Cl)c1. The maximum Gasteiger partial charge on any atom is 0.184 e. The Balaban J connectivity index is 1.85. The van der Waals surface area contributed by atoms with E-state index in [4.69, 9.17) is 29.6 Å². The second-order valence-electron chi connectivity index (χ2n) is 5.41. The minimum Gasteiger partial charge on any atom is -0.375 e. The summed E-state index contributed by atoms with van der Waals surface area (Å²) in [5, 5.41) is 5.05. The van der Waals surface area contributed by atoms with Crippen LogP contribution < -0.4 is 16.1 Å². The lowest BCUT2D eigenvalue weighted by Gasteiger charge is -2.25. The van der Waals surface area contributed by atoms with E-state index in [1.165, 1.54) is 11.3 Å². The number of hydrogen-bond acceptors (Lipinski definition) is 3. The van der Waals surface area contributed by atoms with Crippen molar-refractivity contribution in [2.24, 2.45) is 10.8 Å². The number of hydrogen-bond donors (Lipinski definition) is 2. The quantitative estimate of drug-likeness (QED) is 0.508. The average Bonchev–Trinajstić information content (AvgIpc) is 2.85. The summed E-state index contributed by atoms with van der Waals surface area (Å²) in [5.74, 6) is 0. The fraction of sp³-hybridized carbons (Fsp3) is 0.176. The summed E-state index contributed by atoms with van der Waals surface area (Å²) in [5.41, 5.74) is 11.7. The molecule has 6 heteroatoms. The highest BCUT2D eigenvalue weighted by molar-refractivity contribution is 7.80. The highest BCUT2D eigenvalue weighted by atomic mass is 35.5. The summed E-state index contributed by atoms with van der Waals surface area (Å²) < 4.78 is 0. The first-order valence-electron chi connectivity index (χ1n) is 7.31. The number of hydrazone groups is 1. The lowest BCUT2D eigenvalue weighted by Crippen LogP contribution is -2.34. The van der Waals surface area contributed by atoms with Gasteiger partial charge < -0.3 is 10.6 Å². The molecule has 23 heavy (non-hydrogen) atoms. The van der Waals surface area contributed by atoms with Crippen molar-refractivity contribution in [1.82, 2.24) is 5.43 Å². The van der Waals surface area contributed by atoms with E-state index in [1.807, 2.05) is 24.4 Å². The number of nitrogens with one attached hydrogen (secondary N) is 1. The zero-order valence-electron chi connectivity index (χ0n) is 12.4. The number of para-hydroxylation sites is 1. The first kappa shape index (κ1) is 15.8. The van der Waals surface area contributed by atoms with Crippen molar-refractivity contribution in [3.05, 3.63) is 64.7 Å². The number of fused-ring (bicyclic) bond motifs is 1. The summed E-state index contributed by atoms with van der Waals surface area (Å²) in [6, 6.07) is 16.5. The van der Waals surface area contributed by atoms with E-state index in [2.05, 4.69) is 45.8 Å². The highest BCUT2D eigenvalue weighted by Gasteiger charge is 2.27. The third kappa shape index (κ3) is 3.81. The molecule has 1 aliphatic heterocycles. The van der Waals surface area contributed by atoms with Crippen molar-refractivity contribution in [1.29, 1.82) is 0 Å². The van der Waals surface area contributed by atoms with E-state index < -0.39 is 0 Å². The monoisotopic (exact) mass is 344 g/mol. The van der Waals surface area contributed by atoms with Gasteiger partial charge in [0.1, 0.15) is 0 Å². The molecule has 1 heterocycles. The Bertz CT molecular complexity index is 747. The molecule has 0 spiro atoms. The van der Waals surface area contributed by atoms with Gasteiger partial charge in [-0.1, -0.05) is 41.9 Å². The predicted molar refractivity (Wildman–Crippen MR) is 100.0 cm³/mol. The Labute approximate surface area is 145 Å². The largest absolute Gasteiger partial charge is 0.375 e. The zero-order chi connectivity index (χ0) is 16.2. The molecule has 2 aromatic rings. The van der Waals surface area contributed by atoms with Gasteiger partial charge in [-0.2, -0.15) is 5.10 Å². The Morgan fingerprint density at radius 2 is 2.17 bits per heavy atom. The lowest BCUT2D eigenvalue weighted by atomic mass is 10.1. The molecule has 3 rings (SSSR count). The van der Waals surface area contributed by atoms with Crippen LogP contribution in [0.2, 0.25) is 5.02 Å². The molecule has 0 bridgehead atoms. The Morgan fingerprint density at radius 3 is 2.96 bits per heavy atom. The number of nitrogens with zero attached hydrogens (tertiary/aromatic N) is 2. The number of thiocarbonyl (C=S) groups is 1. The number of anilines is 1. The van der Waals surface area contributed by atoms with Crippen LogP contribution in [0.1, 0.15) is 11.1 Å². The van der Waals surface area contributed by atoms with Crippen LogP contribution in [0.4, 0.5) is 5.69 Å². The maximum absolute atomic E-state index is 6.10. The first-order chi connectivity index (χ1) is 11.1. The van der Waals surface area contributed by atoms with Gasteiger partial charge in [0, 0.05) is 23.5 Å². The van der Waals surface area contributed by atoms with Gasteiger partial charge in [0.25, 0.3) is 0 Å². The number of benzene rings is 2. The number of nitrogens with two attached hydrogens (primary N) is 1. The number of rotatable bonds is 4. The van der Waals surface area contributed by atoms with E-state index in [-0.39, 0.29) is 11.2 Å². The van der Waals surface area contributed by atoms with Crippen LogP contribution >= 0.6 is 23.8 Å². The highest BCUT2D eigenvalue weighted by Crippen LogP contribution is 2.32. The minimum absolute atomic E-state index is 0.147. The fourth-order valence-corrected chi connectivity index (χ4v) is 3.10. The number of halogens is 1. The lowest BCUT2D eigenvalue weighted by molar-refractivity contribution is 0.760. The minimum atomic E-state index is 0.147. The molecule has 2 aromatic carbocycles. The fourth-order valence-electron chi connectivity index (χ4n) is 2.83. The topological polar surface area (TPSA) is 53.6 Å². The average molecular weight is 345 g/mol. The van der Waals surface area contributed by atoms with Gasteiger partial charge in [0.2, 0.25) is 0 Å². The second-order valence-corrected chi connectivity index (χ2v) is 6.29. The van der Waals surface area contributed by atoms with Crippen LogP contribution in [0.25, 0.3) is 0 Å². The zero-order valence-corrected chi connectivity index (χ0v) is 14.0. The molecule has 1 aliphatic rings. The van der Waals surface area contributed by atoms with Crippen molar-refractivity contribution in [2.45, 2.75) is 19.0 Å². The van der Waals surface area contributed by atoms with Crippen LogP contribution in [-0.2, 0) is 13.0 Å². The Morgan fingerprint density at radius 1 is 1.35 bits per heavy atom. The van der Waals surface area contributed by atoms with Crippen LogP contribution in [0, 0.1) is 0 Å². The smallest absolute Gasteiger partial charge is 0.184 e. The molecular formula is C17H17ClN4S. The van der Waals surface area contributed by atoms with Gasteiger partial charge in [0.05, 0.1) is 6.04 Å². The molecular weight excluding hydrogens is 328 g/mol. The van der Waals surface area contributed by atoms with Crippen molar-refractivity contribution in [3.8, 4) is 0 Å². The summed E-state index contributed by atoms with van der Waals surface area (Å²) in [6.07, 6.45) is 2.75. The van der Waals surface area contributed by atoms with Crippen molar-refractivity contribution < 1.29 is 0 Å². The Hall–Kier alpha value is -2.11. The third-order valence-electron chi connectivity index (χ3n) is 3.79. The van der Waals surface area contributed by atoms with E-state index in [0.29, 0.717) is 0 Å². The molecule has 0 aliphatic carbocycles. The summed E-state index contributed by atoms with van der Waals surface area (Å²) in [4.78, 5) is 2.31. The predicted octanol–water partition coefficient (Wildman–Crippen LogP) is 3.09. The van der Waals surface area contributed by atoms with Crippen molar-refractivity contribution in [3.63, 3.8) is 0 Å². The van der Waals surface area contributed by atoms with Gasteiger partial charge in [-0.05, 0) is 48.0 Å². The second kappa shape index (κ2) is 6.98. The van der Waals surface area contributed by atoms with E-state index in [9.17, 15) is 0 Å². The molecule has 0 saturated carbocycles. The summed E-state index contributed by atoms with van der Waals surface area (Å²) in [7, 11) is 0. The van der Waals surface area contributed by atoms with Gasteiger partial charge in [-0.25, -0.2) is 0 Å². The van der Waals surface area contributed by atoms with Gasteiger partial charge in [-0.3, -0.25) is 5.43 Å². The van der Waals surface area contributed by atoms with E-state index >= 15 is 0 Å². The molecule has 0 amide bonds. The molecule has 1 unspecified atom stereocenters. The normalized spacial score (nSPS) is 16.6. The molecule has 4 nitrogen and oxygen atoms in total. The maximum atomic E-state index is 6.10. The molecule has 0 radical (unpaired) electrons. The molecule has 1 atom stereocenters. The molecule has 0 fully saturated rings. The molecule has 118 valence electrons. The molecule has 0 aromatic heterocycles. The van der Waals surface area contributed by atoms with Crippen LogP contribution in [-0.4, -0.2) is 17.4 Å². The van der Waals surface area contributed by atoms with Crippen LogP contribution in [0.15, 0.2) is 53.6 Å². The standard InChI is InChI=1S/C17H17ClN4S/c18-14-6-3-4-12(8-14)11-22-15(10-20-21-17(19)23)9-13-5-1-2-7-16(13)22/h1-8,10,15H,9,11H2,(H3,19,21,23). The van der Waals surface area contributed by atoms with Gasteiger partial charge in [-0.15, -0.1) is 0 Å². The first-order valence-corrected chi connectivity index (χ1v) is 8.10. The van der Waals surface area contributed by atoms with E-state index in [1.54, 1.807) is 0 Å². The summed E-state index contributed by atoms with van der Waals surface area (Å²) in [6.45, 7) is 0.765. The van der Waals surface area contributed by atoms with E-state index in [0.717, 1.165) is 23.6 Å². The Kier molecular flexibility index (Phi) is 4.79. The molecule has 0 saturated heterocycles. The van der Waals surface area contributed by atoms with Crippen molar-refractivity contribution in [2.75, 3.05) is 4.90 Å². The van der Waals surface area contributed by atoms with Crippen LogP contribution in [0.5, 0.6) is 0 Å². The van der Waals surface area contributed by atoms with Gasteiger partial charge in [0.15, 0.2) is 5.11 Å². The third-order valence-corrected chi connectivity index (χ3v) is 4.12. The van der Waals surface area contributed by atoms with Gasteiger partial charge >= 0.3 is 0 Å². The van der Waals surface area contributed by atoms with Crippen LogP contribution in [0.3, 0.4) is 0 Å². The van der Waals surface area contributed by atoms with Crippen molar-refractivity contribution >= 4 is 40.8 Å². The molecule has 3 N–H and O–H groups in total. The summed E-state index contributed by atoms with van der Waals surface area (Å²) >= 11 is 10.9.